The number of rotatable bonds is 2. The van der Waals surface area contributed by atoms with Crippen molar-refractivity contribution < 1.29 is 14.3 Å². The fourth-order valence-corrected chi connectivity index (χ4v) is 2.24. The third-order valence-corrected chi connectivity index (χ3v) is 3.06. The Hall–Kier alpha value is -2.18. The predicted molar refractivity (Wildman–Crippen MR) is 77.6 cm³/mol. The Kier molecular flexibility index (Phi) is 4.11. The molecule has 0 radical (unpaired) electrons. The van der Waals surface area contributed by atoms with Gasteiger partial charge in [-0.15, -0.1) is 12.4 Å². The van der Waals surface area contributed by atoms with E-state index in [0.29, 0.717) is 11.2 Å². The van der Waals surface area contributed by atoms with Gasteiger partial charge in [0.2, 0.25) is 5.28 Å². The van der Waals surface area contributed by atoms with Gasteiger partial charge in [0.15, 0.2) is 5.69 Å². The highest BCUT2D eigenvalue weighted by atomic mass is 35.5. The lowest BCUT2D eigenvalue weighted by Crippen LogP contribution is -2.01. The molecule has 2 aromatic heterocycles. The van der Waals surface area contributed by atoms with Gasteiger partial charge in [0.25, 0.3) is 0 Å². The van der Waals surface area contributed by atoms with Gasteiger partial charge in [-0.05, 0) is 29.8 Å². The minimum absolute atomic E-state index is 0. The Bertz CT molecular complexity index is 835. The molecular weight excluding hydrogens is 320 g/mol. The number of fused-ring (bicyclic) bond motifs is 1. The average molecular weight is 328 g/mol. The molecule has 2 heterocycles. The van der Waals surface area contributed by atoms with Crippen LogP contribution in [0.4, 0.5) is 4.39 Å². The summed E-state index contributed by atoms with van der Waals surface area (Å²) in [4.78, 5) is 19.2. The number of hydrogen-bond donors (Lipinski definition) is 1. The lowest BCUT2D eigenvalue weighted by atomic mass is 10.1. The second-order valence-electron chi connectivity index (χ2n) is 4.03. The highest BCUT2D eigenvalue weighted by Crippen LogP contribution is 2.28. The normalized spacial score (nSPS) is 10.4. The van der Waals surface area contributed by atoms with Gasteiger partial charge in [-0.25, -0.2) is 19.2 Å². The number of nitrogens with zero attached hydrogens (tertiary/aromatic N) is 3. The van der Waals surface area contributed by atoms with Crippen LogP contribution in [-0.4, -0.2) is 25.4 Å². The van der Waals surface area contributed by atoms with E-state index in [1.54, 1.807) is 6.07 Å². The standard InChI is InChI=1S/C13H7ClFN3O2.ClH/c14-13-16-5-4-9-17-10(12(19)20)11(18(9)13)7-2-1-3-8(15)6-7;/h1-6H,(H,19,20);1H. The Morgan fingerprint density at radius 3 is 2.76 bits per heavy atom. The monoisotopic (exact) mass is 327 g/mol. The van der Waals surface area contributed by atoms with Gasteiger partial charge >= 0.3 is 5.97 Å². The van der Waals surface area contributed by atoms with Gasteiger partial charge in [-0.3, -0.25) is 4.40 Å². The molecule has 0 bridgehead atoms. The van der Waals surface area contributed by atoms with E-state index in [1.165, 1.54) is 34.9 Å². The van der Waals surface area contributed by atoms with Crippen LogP contribution in [0.25, 0.3) is 16.9 Å². The zero-order chi connectivity index (χ0) is 14.3. The van der Waals surface area contributed by atoms with E-state index >= 15 is 0 Å². The van der Waals surface area contributed by atoms with Crippen LogP contribution in [0.1, 0.15) is 10.5 Å². The van der Waals surface area contributed by atoms with Gasteiger partial charge in [0.05, 0.1) is 5.69 Å². The third-order valence-electron chi connectivity index (χ3n) is 2.79. The number of imidazole rings is 1. The lowest BCUT2D eigenvalue weighted by molar-refractivity contribution is 0.0692. The average Bonchev–Trinajstić information content (AvgIpc) is 2.80. The van der Waals surface area contributed by atoms with Crippen LogP contribution in [0.3, 0.4) is 0 Å². The van der Waals surface area contributed by atoms with E-state index in [9.17, 15) is 14.3 Å². The molecule has 0 amide bonds. The summed E-state index contributed by atoms with van der Waals surface area (Å²) in [5.74, 6) is -1.70. The second kappa shape index (κ2) is 5.67. The molecule has 21 heavy (non-hydrogen) atoms. The summed E-state index contributed by atoms with van der Waals surface area (Å²) >= 11 is 6.00. The fourth-order valence-electron chi connectivity index (χ4n) is 2.01. The summed E-state index contributed by atoms with van der Waals surface area (Å²) in [6.07, 6.45) is 1.42. The van der Waals surface area contributed by atoms with E-state index in [4.69, 9.17) is 11.6 Å². The molecule has 0 aliphatic heterocycles. The van der Waals surface area contributed by atoms with E-state index < -0.39 is 11.8 Å². The molecule has 0 fully saturated rings. The number of hydrogen-bond acceptors (Lipinski definition) is 3. The fraction of sp³-hybridized carbons (Fsp3) is 0. The molecule has 0 unspecified atom stereocenters. The second-order valence-corrected chi connectivity index (χ2v) is 4.37. The van der Waals surface area contributed by atoms with E-state index in [1.807, 2.05) is 0 Å². The van der Waals surface area contributed by atoms with Crippen LogP contribution in [0.15, 0.2) is 36.5 Å². The number of carbonyl (C=O) groups is 1. The van der Waals surface area contributed by atoms with Gasteiger partial charge in [-0.1, -0.05) is 12.1 Å². The van der Waals surface area contributed by atoms with Crippen LogP contribution in [-0.2, 0) is 0 Å². The van der Waals surface area contributed by atoms with Crippen molar-refractivity contribution in [3.05, 3.63) is 53.3 Å². The molecule has 108 valence electrons. The molecule has 3 rings (SSSR count). The van der Waals surface area contributed by atoms with Crippen LogP contribution < -0.4 is 0 Å². The molecule has 0 saturated heterocycles. The Labute approximate surface area is 129 Å². The lowest BCUT2D eigenvalue weighted by Gasteiger charge is -2.04. The number of carboxylic acids is 1. The minimum atomic E-state index is -1.22. The van der Waals surface area contributed by atoms with Crippen LogP contribution in [0.2, 0.25) is 5.28 Å². The SMILES string of the molecule is Cl.O=C(O)c1nc2ccnc(Cl)n2c1-c1cccc(F)c1. The summed E-state index contributed by atoms with van der Waals surface area (Å²) in [7, 11) is 0. The number of carboxylic acid groups (broad SMARTS) is 1. The van der Waals surface area contributed by atoms with Crippen LogP contribution in [0.5, 0.6) is 0 Å². The molecular formula is C13H8Cl2FN3O2. The molecule has 1 N–H and O–H groups in total. The first kappa shape index (κ1) is 15.2. The quantitative estimate of drug-likeness (QED) is 0.733. The largest absolute Gasteiger partial charge is 0.476 e. The van der Waals surface area contributed by atoms with Crippen molar-refractivity contribution in [2.45, 2.75) is 0 Å². The first-order valence-electron chi connectivity index (χ1n) is 5.60. The molecule has 0 spiro atoms. The zero-order valence-electron chi connectivity index (χ0n) is 10.3. The topological polar surface area (TPSA) is 67.5 Å². The summed E-state index contributed by atoms with van der Waals surface area (Å²) < 4.78 is 14.7. The van der Waals surface area contributed by atoms with Gasteiger partial charge in [0.1, 0.15) is 11.5 Å². The number of aromatic carboxylic acids is 1. The maximum absolute atomic E-state index is 13.4. The summed E-state index contributed by atoms with van der Waals surface area (Å²) in [5.41, 5.74) is 0.696. The van der Waals surface area contributed by atoms with Gasteiger partial charge in [-0.2, -0.15) is 0 Å². The molecule has 0 aliphatic rings. The van der Waals surface area contributed by atoms with Crippen LogP contribution in [0, 0.1) is 5.82 Å². The van der Waals surface area contributed by atoms with Gasteiger partial charge < -0.3 is 5.11 Å². The predicted octanol–water partition coefficient (Wildman–Crippen LogP) is 3.31. The summed E-state index contributed by atoms with van der Waals surface area (Å²) in [5, 5.41) is 9.31. The van der Waals surface area contributed by atoms with Crippen molar-refractivity contribution in [2.24, 2.45) is 0 Å². The Balaban J connectivity index is 0.00000161. The molecule has 3 aromatic rings. The van der Waals surface area contributed by atoms with E-state index in [2.05, 4.69) is 9.97 Å². The van der Waals surface area contributed by atoms with Crippen molar-refractivity contribution in [1.82, 2.24) is 14.4 Å². The maximum atomic E-state index is 13.4. The molecule has 0 aliphatic carbocycles. The van der Waals surface area contributed by atoms with Crippen molar-refractivity contribution in [1.29, 1.82) is 0 Å². The van der Waals surface area contributed by atoms with Crippen molar-refractivity contribution >= 4 is 35.6 Å². The van der Waals surface area contributed by atoms with Crippen molar-refractivity contribution in [3.8, 4) is 11.3 Å². The zero-order valence-corrected chi connectivity index (χ0v) is 11.9. The molecule has 8 heteroatoms. The smallest absolute Gasteiger partial charge is 0.356 e. The van der Waals surface area contributed by atoms with Crippen molar-refractivity contribution in [3.63, 3.8) is 0 Å². The summed E-state index contributed by atoms with van der Waals surface area (Å²) in [6.45, 7) is 0. The number of halogens is 3. The van der Waals surface area contributed by atoms with E-state index in [-0.39, 0.29) is 29.1 Å². The molecule has 1 aromatic carbocycles. The van der Waals surface area contributed by atoms with Crippen LogP contribution >= 0.6 is 24.0 Å². The molecule has 5 nitrogen and oxygen atoms in total. The highest BCUT2D eigenvalue weighted by molar-refractivity contribution is 6.28. The minimum Gasteiger partial charge on any atom is -0.476 e. The van der Waals surface area contributed by atoms with E-state index in [0.717, 1.165) is 0 Å². The highest BCUT2D eigenvalue weighted by Gasteiger charge is 2.21. The summed E-state index contributed by atoms with van der Waals surface area (Å²) in [6, 6.07) is 7.09. The molecule has 0 saturated carbocycles. The first-order valence-corrected chi connectivity index (χ1v) is 5.98. The number of benzene rings is 1. The molecule has 0 atom stereocenters. The van der Waals surface area contributed by atoms with Crippen molar-refractivity contribution in [2.75, 3.05) is 0 Å². The first-order chi connectivity index (χ1) is 9.58. The Morgan fingerprint density at radius 2 is 2.10 bits per heavy atom. The van der Waals surface area contributed by atoms with Gasteiger partial charge in [0, 0.05) is 11.8 Å². The maximum Gasteiger partial charge on any atom is 0.356 e. The number of aromatic nitrogens is 3. The Morgan fingerprint density at radius 1 is 1.33 bits per heavy atom. The third kappa shape index (κ3) is 2.55.